The Labute approximate surface area is 87.8 Å². The Morgan fingerprint density at radius 3 is 2.71 bits per heavy atom. The Bertz CT molecular complexity index is 175. The summed E-state index contributed by atoms with van der Waals surface area (Å²) in [6.07, 6.45) is 9.91. The average molecular weight is 197 g/mol. The molecule has 1 unspecified atom stereocenters. The zero-order chi connectivity index (χ0) is 10.8. The van der Waals surface area contributed by atoms with Gasteiger partial charge in [0.2, 0.25) is 5.91 Å². The van der Waals surface area contributed by atoms with E-state index in [9.17, 15) is 4.79 Å². The quantitative estimate of drug-likeness (QED) is 0.493. The van der Waals surface area contributed by atoms with Gasteiger partial charge in [-0.15, -0.1) is 0 Å². The molecule has 0 aliphatic heterocycles. The Balaban J connectivity index is 3.50. The third-order valence-electron chi connectivity index (χ3n) is 2.23. The van der Waals surface area contributed by atoms with E-state index < -0.39 is 0 Å². The number of nitrogens with one attached hydrogen (secondary N) is 1. The molecule has 0 aliphatic rings. The molecule has 0 aromatic carbocycles. The van der Waals surface area contributed by atoms with Gasteiger partial charge in [0.1, 0.15) is 0 Å². The Hall–Kier alpha value is -0.790. The lowest BCUT2D eigenvalue weighted by atomic mass is 10.1. The third kappa shape index (κ3) is 7.84. The lowest BCUT2D eigenvalue weighted by Gasteiger charge is -2.03. The van der Waals surface area contributed by atoms with Crippen molar-refractivity contribution >= 4 is 5.91 Å². The minimum absolute atomic E-state index is 0.121. The summed E-state index contributed by atoms with van der Waals surface area (Å²) in [4.78, 5) is 11.0. The normalized spacial score (nSPS) is 13.1. The predicted octanol–water partition coefficient (Wildman–Crippen LogP) is 2.90. The van der Waals surface area contributed by atoms with E-state index in [1.165, 1.54) is 19.3 Å². The lowest BCUT2D eigenvalue weighted by molar-refractivity contribution is -0.121. The van der Waals surface area contributed by atoms with Crippen molar-refractivity contribution in [2.24, 2.45) is 5.92 Å². The molecule has 2 heteroatoms. The van der Waals surface area contributed by atoms with Crippen molar-refractivity contribution in [3.8, 4) is 0 Å². The van der Waals surface area contributed by atoms with E-state index in [1.807, 2.05) is 0 Å². The first-order chi connectivity index (χ1) is 6.70. The van der Waals surface area contributed by atoms with Gasteiger partial charge in [-0.1, -0.05) is 38.8 Å². The molecule has 0 bridgehead atoms. The van der Waals surface area contributed by atoms with Gasteiger partial charge in [-0.25, -0.2) is 0 Å². The maximum absolute atomic E-state index is 11.0. The third-order valence-corrected chi connectivity index (χ3v) is 2.23. The maximum atomic E-state index is 11.0. The summed E-state index contributed by atoms with van der Waals surface area (Å²) in [7, 11) is 1.68. The number of carbonyl (C=O) groups excluding carboxylic acids is 1. The van der Waals surface area contributed by atoms with Crippen molar-refractivity contribution < 1.29 is 4.79 Å². The van der Waals surface area contributed by atoms with Gasteiger partial charge in [0, 0.05) is 13.5 Å². The smallest absolute Gasteiger partial charge is 0.220 e. The van der Waals surface area contributed by atoms with E-state index in [-0.39, 0.29) is 5.91 Å². The summed E-state index contributed by atoms with van der Waals surface area (Å²) in [5, 5.41) is 2.63. The molecule has 0 spiro atoms. The first kappa shape index (κ1) is 13.2. The first-order valence-electron chi connectivity index (χ1n) is 5.58. The molecule has 0 saturated heterocycles. The maximum Gasteiger partial charge on any atom is 0.220 e. The number of hydrogen-bond acceptors (Lipinski definition) is 1. The predicted molar refractivity (Wildman–Crippen MR) is 61.1 cm³/mol. The number of rotatable bonds is 7. The highest BCUT2D eigenvalue weighted by Gasteiger charge is 2.02. The molecular formula is C12H23NO. The molecule has 0 fully saturated rings. The van der Waals surface area contributed by atoms with Crippen LogP contribution in [0.1, 0.15) is 46.0 Å². The molecular weight excluding hydrogens is 174 g/mol. The number of unbranched alkanes of at least 4 members (excludes halogenated alkanes) is 3. The molecule has 1 amide bonds. The topological polar surface area (TPSA) is 29.1 Å². The Morgan fingerprint density at radius 2 is 2.14 bits per heavy atom. The molecule has 0 aliphatic carbocycles. The second-order valence-corrected chi connectivity index (χ2v) is 3.78. The van der Waals surface area contributed by atoms with Gasteiger partial charge in [-0.3, -0.25) is 4.79 Å². The van der Waals surface area contributed by atoms with E-state index in [4.69, 9.17) is 0 Å². The van der Waals surface area contributed by atoms with Crippen molar-refractivity contribution in [3.05, 3.63) is 12.2 Å². The van der Waals surface area contributed by atoms with Gasteiger partial charge < -0.3 is 5.32 Å². The van der Waals surface area contributed by atoms with Crippen LogP contribution in [0.2, 0.25) is 0 Å². The number of amides is 1. The van der Waals surface area contributed by atoms with Gasteiger partial charge in [0.15, 0.2) is 0 Å². The van der Waals surface area contributed by atoms with Crippen LogP contribution in [0.3, 0.4) is 0 Å². The fourth-order valence-electron chi connectivity index (χ4n) is 1.30. The molecule has 0 aromatic heterocycles. The molecule has 0 saturated carbocycles. The van der Waals surface area contributed by atoms with Crippen LogP contribution in [0.5, 0.6) is 0 Å². The molecule has 0 rings (SSSR count). The van der Waals surface area contributed by atoms with E-state index in [0.29, 0.717) is 12.3 Å². The molecule has 0 aromatic rings. The highest BCUT2D eigenvalue weighted by atomic mass is 16.1. The monoisotopic (exact) mass is 197 g/mol. The van der Waals surface area contributed by atoms with E-state index in [2.05, 4.69) is 31.3 Å². The fourth-order valence-corrected chi connectivity index (χ4v) is 1.30. The second kappa shape index (κ2) is 8.79. The highest BCUT2D eigenvalue weighted by Crippen LogP contribution is 2.06. The zero-order valence-electron chi connectivity index (χ0n) is 9.68. The average Bonchev–Trinajstić information content (AvgIpc) is 2.17. The van der Waals surface area contributed by atoms with Gasteiger partial charge in [-0.2, -0.15) is 0 Å². The first-order valence-corrected chi connectivity index (χ1v) is 5.58. The van der Waals surface area contributed by atoms with Crippen LogP contribution in [0.15, 0.2) is 12.2 Å². The van der Waals surface area contributed by atoms with Crippen LogP contribution in [0.25, 0.3) is 0 Å². The SMILES string of the molecule is CCCCCC=CC(C)CC(=O)NC. The summed E-state index contributed by atoms with van der Waals surface area (Å²) >= 11 is 0. The fraction of sp³-hybridized carbons (Fsp3) is 0.750. The molecule has 2 nitrogen and oxygen atoms in total. The van der Waals surface area contributed by atoms with Crippen LogP contribution in [0.4, 0.5) is 0 Å². The minimum Gasteiger partial charge on any atom is -0.359 e. The summed E-state index contributed by atoms with van der Waals surface area (Å²) in [5.74, 6) is 0.479. The number of allylic oxidation sites excluding steroid dienone is 2. The van der Waals surface area contributed by atoms with Crippen LogP contribution in [-0.2, 0) is 4.79 Å². The number of carbonyl (C=O) groups is 1. The largest absolute Gasteiger partial charge is 0.359 e. The van der Waals surface area contributed by atoms with Crippen LogP contribution >= 0.6 is 0 Å². The van der Waals surface area contributed by atoms with Gasteiger partial charge >= 0.3 is 0 Å². The lowest BCUT2D eigenvalue weighted by Crippen LogP contribution is -2.19. The summed E-state index contributed by atoms with van der Waals surface area (Å²) in [6, 6.07) is 0. The molecule has 1 atom stereocenters. The van der Waals surface area contributed by atoms with Crippen molar-refractivity contribution in [1.29, 1.82) is 0 Å². The molecule has 14 heavy (non-hydrogen) atoms. The van der Waals surface area contributed by atoms with Gasteiger partial charge in [0.25, 0.3) is 0 Å². The van der Waals surface area contributed by atoms with Crippen LogP contribution in [0, 0.1) is 5.92 Å². The van der Waals surface area contributed by atoms with Crippen molar-refractivity contribution in [2.45, 2.75) is 46.0 Å². The highest BCUT2D eigenvalue weighted by molar-refractivity contribution is 5.75. The van der Waals surface area contributed by atoms with Gasteiger partial charge in [-0.05, 0) is 18.8 Å². The summed E-state index contributed by atoms with van der Waals surface area (Å²) < 4.78 is 0. The van der Waals surface area contributed by atoms with E-state index >= 15 is 0 Å². The Morgan fingerprint density at radius 1 is 1.43 bits per heavy atom. The molecule has 82 valence electrons. The minimum atomic E-state index is 0.121. The van der Waals surface area contributed by atoms with E-state index in [1.54, 1.807) is 7.05 Å². The molecule has 0 heterocycles. The van der Waals surface area contributed by atoms with Gasteiger partial charge in [0.05, 0.1) is 0 Å². The summed E-state index contributed by atoms with van der Waals surface area (Å²) in [6.45, 7) is 4.28. The number of hydrogen-bond donors (Lipinski definition) is 1. The summed E-state index contributed by atoms with van der Waals surface area (Å²) in [5.41, 5.74) is 0. The van der Waals surface area contributed by atoms with Crippen molar-refractivity contribution in [1.82, 2.24) is 5.32 Å². The van der Waals surface area contributed by atoms with Crippen LogP contribution in [-0.4, -0.2) is 13.0 Å². The van der Waals surface area contributed by atoms with Crippen molar-refractivity contribution in [2.75, 3.05) is 7.05 Å². The second-order valence-electron chi connectivity index (χ2n) is 3.78. The van der Waals surface area contributed by atoms with E-state index in [0.717, 1.165) is 6.42 Å². The molecule has 1 N–H and O–H groups in total. The van der Waals surface area contributed by atoms with Crippen LogP contribution < -0.4 is 5.32 Å². The Kier molecular flexibility index (Phi) is 8.30. The van der Waals surface area contributed by atoms with Crippen molar-refractivity contribution in [3.63, 3.8) is 0 Å². The standard InChI is InChI=1S/C12H23NO/c1-4-5-6-7-8-9-11(2)10-12(14)13-3/h8-9,11H,4-7,10H2,1-3H3,(H,13,14). The zero-order valence-corrected chi connectivity index (χ0v) is 9.68. The molecule has 0 radical (unpaired) electrons.